The van der Waals surface area contributed by atoms with E-state index in [1.54, 1.807) is 0 Å². The molecule has 0 fully saturated rings. The van der Waals surface area contributed by atoms with Gasteiger partial charge in [-0.1, -0.05) is 43.0 Å². The van der Waals surface area contributed by atoms with Crippen LogP contribution in [0.2, 0.25) is 25.7 Å². The predicted molar refractivity (Wildman–Crippen MR) is 126 cm³/mol. The van der Waals surface area contributed by atoms with Crippen molar-refractivity contribution in [3.05, 3.63) is 54.2 Å². The Bertz CT molecular complexity index is 1280. The molecule has 0 saturated heterocycles. The maximum atomic E-state index is 12.7. The highest BCUT2D eigenvalue weighted by Crippen LogP contribution is 2.30. The van der Waals surface area contributed by atoms with Gasteiger partial charge in [0.2, 0.25) is 11.7 Å². The molecule has 0 aliphatic rings. The number of aromatic nitrogens is 5. The molecule has 0 saturated carbocycles. The fourth-order valence-corrected chi connectivity index (χ4v) is 4.15. The molecule has 4 aromatic rings. The SMILES string of the molecule is C[Si](C)(C)CCOCn1ncc2cccc(CCOc3cc(-c4noc(C(F)(F)F)n4)ccn3)c21. The molecule has 0 unspecified atom stereocenters. The molecule has 35 heavy (non-hydrogen) atoms. The minimum atomic E-state index is -4.70. The average Bonchev–Trinajstić information content (AvgIpc) is 3.45. The van der Waals surface area contributed by atoms with Crippen molar-refractivity contribution >= 4 is 19.0 Å². The Balaban J connectivity index is 1.40. The number of rotatable bonds is 10. The van der Waals surface area contributed by atoms with Crippen molar-refractivity contribution < 1.29 is 27.2 Å². The Kier molecular flexibility index (Phi) is 7.22. The van der Waals surface area contributed by atoms with Crippen molar-refractivity contribution in [3.8, 4) is 17.3 Å². The third-order valence-corrected chi connectivity index (χ3v) is 6.94. The molecule has 0 radical (unpaired) electrons. The molecule has 3 heterocycles. The van der Waals surface area contributed by atoms with Crippen LogP contribution in [0, 0.1) is 0 Å². The lowest BCUT2D eigenvalue weighted by molar-refractivity contribution is -0.159. The Morgan fingerprint density at radius 1 is 1.11 bits per heavy atom. The third-order valence-electron chi connectivity index (χ3n) is 5.24. The van der Waals surface area contributed by atoms with Crippen molar-refractivity contribution in [2.75, 3.05) is 13.2 Å². The van der Waals surface area contributed by atoms with Gasteiger partial charge in [-0.05, 0) is 17.7 Å². The summed E-state index contributed by atoms with van der Waals surface area (Å²) < 4.78 is 56.0. The molecular weight excluding hydrogens is 479 g/mol. The van der Waals surface area contributed by atoms with Gasteiger partial charge < -0.3 is 14.0 Å². The van der Waals surface area contributed by atoms with Crippen molar-refractivity contribution in [1.82, 2.24) is 24.9 Å². The van der Waals surface area contributed by atoms with Crippen molar-refractivity contribution in [2.45, 2.75) is 45.0 Å². The van der Waals surface area contributed by atoms with Crippen LogP contribution in [0.1, 0.15) is 11.5 Å². The van der Waals surface area contributed by atoms with E-state index in [0.29, 0.717) is 31.9 Å². The van der Waals surface area contributed by atoms with Crippen molar-refractivity contribution in [1.29, 1.82) is 0 Å². The molecule has 0 bridgehead atoms. The standard InChI is InChI=1S/C23H26F3N5O3Si/c1-35(2,3)12-11-32-15-31-20-16(5-4-6-18(20)14-28-31)8-10-33-19-13-17(7-9-27-19)21-29-22(34-30-21)23(24,25)26/h4-7,9,13-14H,8,10-12,15H2,1-3H3. The van der Waals surface area contributed by atoms with Crippen LogP contribution in [-0.2, 0) is 24.1 Å². The topological polar surface area (TPSA) is 88.1 Å². The second kappa shape index (κ2) is 10.2. The first-order chi connectivity index (χ1) is 16.6. The first-order valence-electron chi connectivity index (χ1n) is 11.1. The Morgan fingerprint density at radius 3 is 2.69 bits per heavy atom. The zero-order valence-electron chi connectivity index (χ0n) is 19.7. The van der Waals surface area contributed by atoms with Gasteiger partial charge in [0.25, 0.3) is 0 Å². The summed E-state index contributed by atoms with van der Waals surface area (Å²) in [5, 5.41) is 8.87. The summed E-state index contributed by atoms with van der Waals surface area (Å²) in [6, 6.07) is 10.0. The van der Waals surface area contributed by atoms with Crippen LogP contribution in [0.25, 0.3) is 22.3 Å². The number of alkyl halides is 3. The van der Waals surface area contributed by atoms with Gasteiger partial charge in [-0.3, -0.25) is 0 Å². The Labute approximate surface area is 201 Å². The van der Waals surface area contributed by atoms with E-state index in [4.69, 9.17) is 9.47 Å². The monoisotopic (exact) mass is 505 g/mol. The van der Waals surface area contributed by atoms with E-state index in [1.165, 1.54) is 18.3 Å². The zero-order valence-corrected chi connectivity index (χ0v) is 20.7. The highest BCUT2D eigenvalue weighted by Gasteiger charge is 2.38. The Hall–Kier alpha value is -3.25. The second-order valence-corrected chi connectivity index (χ2v) is 14.9. The maximum absolute atomic E-state index is 12.7. The van der Waals surface area contributed by atoms with Crippen LogP contribution >= 0.6 is 0 Å². The molecule has 0 amide bonds. The fraction of sp³-hybridized carbons (Fsp3) is 0.391. The highest BCUT2D eigenvalue weighted by atomic mass is 28.3. The molecule has 3 aromatic heterocycles. The number of benzene rings is 1. The first kappa shape index (κ1) is 24.9. The van der Waals surface area contributed by atoms with Gasteiger partial charge in [0.05, 0.1) is 18.3 Å². The predicted octanol–water partition coefficient (Wildman–Crippen LogP) is 5.43. The molecule has 0 N–H and O–H groups in total. The number of ether oxygens (including phenoxy) is 2. The van der Waals surface area contributed by atoms with E-state index in [2.05, 4.69) is 44.4 Å². The molecule has 0 spiro atoms. The number of hydrogen-bond acceptors (Lipinski definition) is 7. The van der Waals surface area contributed by atoms with Crippen LogP contribution in [-0.4, -0.2) is 46.2 Å². The molecule has 0 aliphatic heterocycles. The largest absolute Gasteiger partial charge is 0.477 e. The third kappa shape index (κ3) is 6.45. The summed E-state index contributed by atoms with van der Waals surface area (Å²) >= 11 is 0. The molecule has 12 heteroatoms. The van der Waals surface area contributed by atoms with E-state index in [9.17, 15) is 13.2 Å². The average molecular weight is 506 g/mol. The van der Waals surface area contributed by atoms with Gasteiger partial charge >= 0.3 is 12.1 Å². The van der Waals surface area contributed by atoms with Crippen LogP contribution in [0.3, 0.4) is 0 Å². The molecule has 4 rings (SSSR count). The molecular formula is C23H26F3N5O3Si. The lowest BCUT2D eigenvalue weighted by Crippen LogP contribution is -2.22. The molecule has 186 valence electrons. The Morgan fingerprint density at radius 2 is 1.94 bits per heavy atom. The summed E-state index contributed by atoms with van der Waals surface area (Å²) in [5.74, 6) is -1.34. The van der Waals surface area contributed by atoms with Gasteiger partial charge in [0, 0.05) is 44.3 Å². The smallest absolute Gasteiger partial charge is 0.471 e. The van der Waals surface area contributed by atoms with Crippen LogP contribution in [0.4, 0.5) is 13.2 Å². The minimum absolute atomic E-state index is 0.188. The summed E-state index contributed by atoms with van der Waals surface area (Å²) in [6.45, 7) is 8.31. The van der Waals surface area contributed by atoms with Gasteiger partial charge in [0.1, 0.15) is 6.73 Å². The summed E-state index contributed by atoms with van der Waals surface area (Å²) in [4.78, 5) is 7.52. The van der Waals surface area contributed by atoms with Crippen molar-refractivity contribution in [3.63, 3.8) is 0 Å². The quantitative estimate of drug-likeness (QED) is 0.210. The normalized spacial score (nSPS) is 12.4. The lowest BCUT2D eigenvalue weighted by atomic mass is 10.1. The van der Waals surface area contributed by atoms with Gasteiger partial charge in [-0.25, -0.2) is 9.67 Å². The van der Waals surface area contributed by atoms with E-state index in [0.717, 1.165) is 22.5 Å². The lowest BCUT2D eigenvalue weighted by Gasteiger charge is -2.15. The number of hydrogen-bond donors (Lipinski definition) is 0. The van der Waals surface area contributed by atoms with Gasteiger partial charge in [0.15, 0.2) is 0 Å². The van der Waals surface area contributed by atoms with Crippen LogP contribution in [0.5, 0.6) is 5.88 Å². The number of nitrogens with zero attached hydrogens (tertiary/aromatic N) is 5. The van der Waals surface area contributed by atoms with Crippen LogP contribution < -0.4 is 4.74 Å². The molecule has 0 atom stereocenters. The van der Waals surface area contributed by atoms with E-state index < -0.39 is 20.1 Å². The molecule has 0 aliphatic carbocycles. The van der Waals surface area contributed by atoms with Gasteiger partial charge in [-0.15, -0.1) is 0 Å². The summed E-state index contributed by atoms with van der Waals surface area (Å²) in [6.07, 6.45) is -0.899. The van der Waals surface area contributed by atoms with E-state index in [-0.39, 0.29) is 11.7 Å². The number of para-hydroxylation sites is 1. The number of pyridine rings is 1. The molecule has 1 aromatic carbocycles. The van der Waals surface area contributed by atoms with Crippen LogP contribution in [0.15, 0.2) is 47.2 Å². The highest BCUT2D eigenvalue weighted by molar-refractivity contribution is 6.76. The zero-order chi connectivity index (χ0) is 25.1. The number of halogens is 3. The maximum Gasteiger partial charge on any atom is 0.471 e. The molecule has 8 nitrogen and oxygen atoms in total. The van der Waals surface area contributed by atoms with Crippen molar-refractivity contribution in [2.24, 2.45) is 0 Å². The minimum Gasteiger partial charge on any atom is -0.477 e. The van der Waals surface area contributed by atoms with E-state index in [1.807, 2.05) is 29.1 Å². The second-order valence-electron chi connectivity index (χ2n) is 9.25. The number of fused-ring (bicyclic) bond motifs is 1. The van der Waals surface area contributed by atoms with E-state index >= 15 is 0 Å². The fourth-order valence-electron chi connectivity index (χ4n) is 3.40. The summed E-state index contributed by atoms with van der Waals surface area (Å²) in [7, 11) is -1.17. The summed E-state index contributed by atoms with van der Waals surface area (Å²) in [5.41, 5.74) is 2.33. The van der Waals surface area contributed by atoms with Gasteiger partial charge in [-0.2, -0.15) is 23.3 Å². The first-order valence-corrected chi connectivity index (χ1v) is 14.8.